The summed E-state index contributed by atoms with van der Waals surface area (Å²) in [6.45, 7) is 3.87. The highest BCUT2D eigenvalue weighted by atomic mass is 35.5. The third-order valence-corrected chi connectivity index (χ3v) is 3.30. The van der Waals surface area contributed by atoms with E-state index in [-0.39, 0.29) is 5.82 Å². The molecule has 0 spiro atoms. The molecule has 2 aromatic carbocycles. The zero-order valence-corrected chi connectivity index (χ0v) is 12.8. The second-order valence-corrected chi connectivity index (χ2v) is 5.26. The van der Waals surface area contributed by atoms with Gasteiger partial charge < -0.3 is 10.1 Å². The SMILES string of the molecule is CCCNCc1cccc(F)c1OCc1cccc(Cl)c1. The van der Waals surface area contributed by atoms with Crippen molar-refractivity contribution in [1.82, 2.24) is 5.32 Å². The first kappa shape index (κ1) is 15.8. The first-order chi connectivity index (χ1) is 10.2. The van der Waals surface area contributed by atoms with Gasteiger partial charge >= 0.3 is 0 Å². The van der Waals surface area contributed by atoms with Gasteiger partial charge in [0.25, 0.3) is 0 Å². The van der Waals surface area contributed by atoms with Crippen molar-refractivity contribution >= 4 is 11.6 Å². The van der Waals surface area contributed by atoms with E-state index in [0.717, 1.165) is 24.1 Å². The molecule has 0 amide bonds. The van der Waals surface area contributed by atoms with Gasteiger partial charge in [0.2, 0.25) is 0 Å². The minimum atomic E-state index is -0.340. The van der Waals surface area contributed by atoms with E-state index in [2.05, 4.69) is 12.2 Å². The molecule has 0 saturated heterocycles. The second kappa shape index (κ2) is 8.01. The summed E-state index contributed by atoms with van der Waals surface area (Å²) in [5.74, 6) is -0.0334. The van der Waals surface area contributed by atoms with E-state index in [1.54, 1.807) is 12.1 Å². The van der Waals surface area contributed by atoms with Crippen LogP contribution in [0.5, 0.6) is 5.75 Å². The third-order valence-electron chi connectivity index (χ3n) is 3.06. The minimum absolute atomic E-state index is 0.294. The average molecular weight is 308 g/mol. The average Bonchev–Trinajstić information content (AvgIpc) is 2.47. The molecule has 0 atom stereocenters. The maximum absolute atomic E-state index is 14.0. The molecule has 0 unspecified atom stereocenters. The van der Waals surface area contributed by atoms with Crippen molar-refractivity contribution in [2.45, 2.75) is 26.5 Å². The Balaban J connectivity index is 2.07. The number of para-hydroxylation sites is 1. The normalized spacial score (nSPS) is 10.6. The molecule has 0 saturated carbocycles. The lowest BCUT2D eigenvalue weighted by atomic mass is 10.2. The fourth-order valence-corrected chi connectivity index (χ4v) is 2.25. The lowest BCUT2D eigenvalue weighted by molar-refractivity contribution is 0.286. The van der Waals surface area contributed by atoms with Crippen LogP contribution in [0, 0.1) is 5.82 Å². The van der Waals surface area contributed by atoms with Crippen molar-refractivity contribution in [1.29, 1.82) is 0 Å². The van der Waals surface area contributed by atoms with Crippen molar-refractivity contribution < 1.29 is 9.13 Å². The first-order valence-corrected chi connectivity index (χ1v) is 7.44. The molecule has 0 aliphatic heterocycles. The topological polar surface area (TPSA) is 21.3 Å². The van der Waals surface area contributed by atoms with Crippen LogP contribution in [0.4, 0.5) is 4.39 Å². The van der Waals surface area contributed by atoms with E-state index in [0.29, 0.717) is 23.9 Å². The molecular formula is C17H19ClFNO. The van der Waals surface area contributed by atoms with Gasteiger partial charge in [0.1, 0.15) is 6.61 Å². The summed E-state index contributed by atoms with van der Waals surface area (Å²) in [7, 11) is 0. The van der Waals surface area contributed by atoms with Crippen molar-refractivity contribution in [3.05, 3.63) is 64.4 Å². The van der Waals surface area contributed by atoms with Crippen LogP contribution in [-0.2, 0) is 13.2 Å². The Morgan fingerprint density at radius 2 is 2.00 bits per heavy atom. The Bertz CT molecular complexity index is 589. The number of benzene rings is 2. The van der Waals surface area contributed by atoms with Crippen molar-refractivity contribution in [3.63, 3.8) is 0 Å². The van der Waals surface area contributed by atoms with Gasteiger partial charge in [-0.2, -0.15) is 0 Å². The van der Waals surface area contributed by atoms with E-state index in [4.69, 9.17) is 16.3 Å². The molecule has 2 nitrogen and oxygen atoms in total. The molecule has 0 fully saturated rings. The number of ether oxygens (including phenoxy) is 1. The summed E-state index contributed by atoms with van der Waals surface area (Å²) in [5, 5.41) is 3.91. The molecule has 0 aliphatic carbocycles. The largest absolute Gasteiger partial charge is 0.485 e. The summed E-state index contributed by atoms with van der Waals surface area (Å²) < 4.78 is 19.6. The van der Waals surface area contributed by atoms with Gasteiger partial charge in [0.15, 0.2) is 11.6 Å². The van der Waals surface area contributed by atoms with E-state index in [1.165, 1.54) is 6.07 Å². The molecule has 112 valence electrons. The highest BCUT2D eigenvalue weighted by molar-refractivity contribution is 6.30. The summed E-state index contributed by atoms with van der Waals surface area (Å²) in [4.78, 5) is 0. The summed E-state index contributed by atoms with van der Waals surface area (Å²) in [6.07, 6.45) is 1.04. The van der Waals surface area contributed by atoms with Crippen LogP contribution in [0.25, 0.3) is 0 Å². The molecule has 0 heterocycles. The molecule has 0 bridgehead atoms. The number of rotatable bonds is 7. The van der Waals surface area contributed by atoms with E-state index in [9.17, 15) is 4.39 Å². The highest BCUT2D eigenvalue weighted by Gasteiger charge is 2.10. The second-order valence-electron chi connectivity index (χ2n) is 4.82. The Morgan fingerprint density at radius 3 is 2.76 bits per heavy atom. The molecule has 4 heteroatoms. The van der Waals surface area contributed by atoms with Crippen LogP contribution in [0.1, 0.15) is 24.5 Å². The Labute approximate surface area is 129 Å². The predicted molar refractivity (Wildman–Crippen MR) is 84.2 cm³/mol. The molecule has 0 radical (unpaired) electrons. The molecule has 21 heavy (non-hydrogen) atoms. The van der Waals surface area contributed by atoms with Gasteiger partial charge in [-0.3, -0.25) is 0 Å². The van der Waals surface area contributed by atoms with Gasteiger partial charge in [-0.25, -0.2) is 4.39 Å². The number of hydrogen-bond donors (Lipinski definition) is 1. The maximum Gasteiger partial charge on any atom is 0.165 e. The smallest absolute Gasteiger partial charge is 0.165 e. The van der Waals surface area contributed by atoms with Crippen molar-refractivity contribution in [3.8, 4) is 5.75 Å². The third kappa shape index (κ3) is 4.73. The van der Waals surface area contributed by atoms with E-state index < -0.39 is 0 Å². The Hall–Kier alpha value is -1.58. The van der Waals surface area contributed by atoms with Gasteiger partial charge in [0.05, 0.1) is 0 Å². The van der Waals surface area contributed by atoms with Gasteiger partial charge in [0, 0.05) is 17.1 Å². The lowest BCUT2D eigenvalue weighted by Crippen LogP contribution is -2.15. The number of hydrogen-bond acceptors (Lipinski definition) is 2. The maximum atomic E-state index is 14.0. The van der Waals surface area contributed by atoms with Crippen molar-refractivity contribution in [2.75, 3.05) is 6.54 Å². The summed E-state index contributed by atoms with van der Waals surface area (Å²) in [6, 6.07) is 12.4. The molecule has 0 aromatic heterocycles. The van der Waals surface area contributed by atoms with E-state index >= 15 is 0 Å². The lowest BCUT2D eigenvalue weighted by Gasteiger charge is -2.13. The standard InChI is InChI=1S/C17H19ClFNO/c1-2-9-20-11-14-6-4-8-16(19)17(14)21-12-13-5-3-7-15(18)10-13/h3-8,10,20H,2,9,11-12H2,1H3. The zero-order valence-electron chi connectivity index (χ0n) is 12.0. The van der Waals surface area contributed by atoms with E-state index in [1.807, 2.05) is 24.3 Å². The Morgan fingerprint density at radius 1 is 1.19 bits per heavy atom. The summed E-state index contributed by atoms with van der Waals surface area (Å²) in [5.41, 5.74) is 1.74. The van der Waals surface area contributed by atoms with Crippen LogP contribution in [-0.4, -0.2) is 6.54 Å². The zero-order chi connectivity index (χ0) is 15.1. The highest BCUT2D eigenvalue weighted by Crippen LogP contribution is 2.24. The molecule has 1 N–H and O–H groups in total. The number of nitrogens with one attached hydrogen (secondary N) is 1. The van der Waals surface area contributed by atoms with Gasteiger partial charge in [-0.15, -0.1) is 0 Å². The summed E-state index contributed by atoms with van der Waals surface area (Å²) >= 11 is 5.93. The van der Waals surface area contributed by atoms with Gasteiger partial charge in [-0.05, 0) is 36.7 Å². The molecule has 2 aromatic rings. The minimum Gasteiger partial charge on any atom is -0.485 e. The molecular weight excluding hydrogens is 289 g/mol. The van der Waals surface area contributed by atoms with Gasteiger partial charge in [-0.1, -0.05) is 42.8 Å². The molecule has 2 rings (SSSR count). The fourth-order valence-electron chi connectivity index (χ4n) is 2.04. The van der Waals surface area contributed by atoms with Crippen LogP contribution in [0.15, 0.2) is 42.5 Å². The van der Waals surface area contributed by atoms with Crippen LogP contribution in [0.2, 0.25) is 5.02 Å². The fraction of sp³-hybridized carbons (Fsp3) is 0.294. The van der Waals surface area contributed by atoms with Crippen LogP contribution in [0.3, 0.4) is 0 Å². The quantitative estimate of drug-likeness (QED) is 0.757. The van der Waals surface area contributed by atoms with Crippen LogP contribution < -0.4 is 10.1 Å². The number of halogens is 2. The first-order valence-electron chi connectivity index (χ1n) is 7.06. The van der Waals surface area contributed by atoms with Crippen LogP contribution >= 0.6 is 11.6 Å². The predicted octanol–water partition coefficient (Wildman–Crippen LogP) is 4.56. The Kier molecular flexibility index (Phi) is 6.03. The van der Waals surface area contributed by atoms with Crippen molar-refractivity contribution in [2.24, 2.45) is 0 Å². The monoisotopic (exact) mass is 307 g/mol. The molecule has 0 aliphatic rings.